The van der Waals surface area contributed by atoms with E-state index < -0.39 is 28.0 Å². The van der Waals surface area contributed by atoms with Crippen LogP contribution in [0.3, 0.4) is 0 Å². The molecule has 11 heteroatoms. The van der Waals surface area contributed by atoms with Crippen LogP contribution < -0.4 is 9.64 Å². The highest BCUT2D eigenvalue weighted by atomic mass is 32.2. The number of carbonyl (C=O) groups is 1. The third kappa shape index (κ3) is 8.41. The molecule has 0 bridgehead atoms. The third-order valence-electron chi connectivity index (χ3n) is 7.51. The van der Waals surface area contributed by atoms with Gasteiger partial charge in [0.2, 0.25) is 10.0 Å². The Balaban J connectivity index is 1.96. The normalized spacial score (nSPS) is 22.0. The molecule has 1 aliphatic rings. The van der Waals surface area contributed by atoms with Crippen LogP contribution in [0.25, 0.3) is 0 Å². The maximum Gasteiger partial charge on any atom is 0.258 e. The first kappa shape index (κ1) is 32.8. The molecule has 3 rings (SSSR count). The van der Waals surface area contributed by atoms with Crippen molar-refractivity contribution >= 4 is 21.6 Å². The van der Waals surface area contributed by atoms with Gasteiger partial charge in [0.15, 0.2) is 0 Å². The Hall–Kier alpha value is -2.73. The number of nitrogens with zero attached hydrogens (tertiary/aromatic N) is 3. The molecule has 1 heterocycles. The lowest BCUT2D eigenvalue weighted by Gasteiger charge is -2.35. The number of halogens is 1. The van der Waals surface area contributed by atoms with Crippen LogP contribution in [0.2, 0.25) is 0 Å². The fourth-order valence-corrected chi connectivity index (χ4v) is 5.97. The number of benzene rings is 2. The smallest absolute Gasteiger partial charge is 0.258 e. The van der Waals surface area contributed by atoms with Gasteiger partial charge < -0.3 is 24.4 Å². The van der Waals surface area contributed by atoms with Gasteiger partial charge >= 0.3 is 0 Å². The van der Waals surface area contributed by atoms with Gasteiger partial charge in [-0.15, -0.1) is 0 Å². The number of fused-ring (bicyclic) bond motifs is 1. The second-order valence-electron chi connectivity index (χ2n) is 11.1. The fourth-order valence-electron chi connectivity index (χ4n) is 4.79. The second kappa shape index (κ2) is 14.4. The maximum atomic E-state index is 14.1. The van der Waals surface area contributed by atoms with Gasteiger partial charge in [-0.05, 0) is 75.6 Å². The van der Waals surface area contributed by atoms with Gasteiger partial charge in [-0.25, -0.2) is 12.8 Å². The maximum absolute atomic E-state index is 14.1. The van der Waals surface area contributed by atoms with Crippen LogP contribution in [0.1, 0.15) is 50.4 Å². The second-order valence-corrected chi connectivity index (χ2v) is 13.2. The van der Waals surface area contributed by atoms with Gasteiger partial charge in [-0.2, -0.15) is 4.31 Å². The summed E-state index contributed by atoms with van der Waals surface area (Å²) >= 11 is 0. The molecule has 1 aliphatic heterocycles. The van der Waals surface area contributed by atoms with Gasteiger partial charge in [-0.1, -0.05) is 6.92 Å². The summed E-state index contributed by atoms with van der Waals surface area (Å²) in [5, 5.41) is 10.1. The van der Waals surface area contributed by atoms with E-state index in [4.69, 9.17) is 9.47 Å². The summed E-state index contributed by atoms with van der Waals surface area (Å²) in [7, 11) is 1.36. The van der Waals surface area contributed by atoms with E-state index in [0.717, 1.165) is 37.1 Å². The molecule has 0 unspecified atom stereocenters. The lowest BCUT2D eigenvalue weighted by atomic mass is 10.0. The SMILES string of the molecule is C[C@@H]1CN([C@H](C)CO)C(=O)c2cc(N(C)C)ccc2O[C@@H](C)CCCCO[C@@H]1CN(C)S(=O)(=O)c1ccc(F)cc1. The molecule has 0 saturated heterocycles. The summed E-state index contributed by atoms with van der Waals surface area (Å²) in [5.74, 6) is -0.600. The molecule has 1 N–H and O–H groups in total. The number of hydrogen-bond acceptors (Lipinski definition) is 7. The van der Waals surface area contributed by atoms with Crippen molar-refractivity contribution in [1.82, 2.24) is 9.21 Å². The Morgan fingerprint density at radius 3 is 2.41 bits per heavy atom. The third-order valence-corrected chi connectivity index (χ3v) is 9.35. The molecule has 0 spiro atoms. The molecule has 0 saturated carbocycles. The number of anilines is 1. The van der Waals surface area contributed by atoms with E-state index in [-0.39, 0.29) is 42.5 Å². The monoisotopic (exact) mass is 593 g/mol. The van der Waals surface area contributed by atoms with Gasteiger partial charge in [0.1, 0.15) is 11.6 Å². The molecule has 2 aromatic carbocycles. The number of hydrogen-bond donors (Lipinski definition) is 1. The van der Waals surface area contributed by atoms with Crippen molar-refractivity contribution in [3.05, 3.63) is 53.8 Å². The number of amides is 1. The zero-order valence-electron chi connectivity index (χ0n) is 24.9. The lowest BCUT2D eigenvalue weighted by Crippen LogP contribution is -2.48. The van der Waals surface area contributed by atoms with Crippen molar-refractivity contribution in [2.75, 3.05) is 52.3 Å². The standard InChI is InChI=1S/C30H44FN3O6S/c1-21-18-34(22(2)20-35)30(36)27-17-25(32(4)5)12-15-28(27)40-23(3)9-7-8-16-39-29(21)19-33(6)41(37,38)26-13-10-24(31)11-14-26/h10-15,17,21-23,29,35H,7-9,16,18-20H2,1-6H3/t21-,22-,23+,29-/m1/s1. The van der Waals surface area contributed by atoms with Crippen LogP contribution in [-0.2, 0) is 14.8 Å². The first-order valence-electron chi connectivity index (χ1n) is 14.1. The first-order valence-corrected chi connectivity index (χ1v) is 15.5. The molecular formula is C30H44FN3O6S. The van der Waals surface area contributed by atoms with Crippen molar-refractivity contribution in [2.45, 2.75) is 63.2 Å². The molecule has 0 aliphatic carbocycles. The van der Waals surface area contributed by atoms with Crippen LogP contribution in [0, 0.1) is 11.7 Å². The fraction of sp³-hybridized carbons (Fsp3) is 0.567. The van der Waals surface area contributed by atoms with Crippen LogP contribution in [-0.4, -0.2) is 94.3 Å². The molecule has 0 radical (unpaired) electrons. The quantitative estimate of drug-likeness (QED) is 0.518. The topological polar surface area (TPSA) is 99.6 Å². The highest BCUT2D eigenvalue weighted by Crippen LogP contribution is 2.29. The summed E-state index contributed by atoms with van der Waals surface area (Å²) in [6.45, 7) is 6.08. The average molecular weight is 594 g/mol. The van der Waals surface area contributed by atoms with Gasteiger partial charge in [0.05, 0.1) is 35.3 Å². The lowest BCUT2D eigenvalue weighted by molar-refractivity contribution is -0.00833. The van der Waals surface area contributed by atoms with Gasteiger partial charge in [0.25, 0.3) is 5.91 Å². The van der Waals surface area contributed by atoms with Crippen LogP contribution in [0.15, 0.2) is 47.4 Å². The number of rotatable bonds is 7. The molecule has 41 heavy (non-hydrogen) atoms. The summed E-state index contributed by atoms with van der Waals surface area (Å²) in [4.78, 5) is 17.6. The molecule has 0 aromatic heterocycles. The Labute approximate surface area is 243 Å². The van der Waals surface area contributed by atoms with E-state index in [1.165, 1.54) is 23.5 Å². The van der Waals surface area contributed by atoms with E-state index in [1.54, 1.807) is 17.9 Å². The Bertz CT molecular complexity index is 1260. The summed E-state index contributed by atoms with van der Waals surface area (Å²) < 4.78 is 53.6. The Morgan fingerprint density at radius 2 is 1.78 bits per heavy atom. The molecule has 9 nitrogen and oxygen atoms in total. The van der Waals surface area contributed by atoms with Crippen LogP contribution in [0.5, 0.6) is 5.75 Å². The number of aliphatic hydroxyl groups is 1. The number of ether oxygens (including phenoxy) is 2. The zero-order chi connectivity index (χ0) is 30.3. The van der Waals surface area contributed by atoms with E-state index in [9.17, 15) is 22.7 Å². The van der Waals surface area contributed by atoms with Crippen LogP contribution in [0.4, 0.5) is 10.1 Å². The van der Waals surface area contributed by atoms with Crippen molar-refractivity contribution in [3.63, 3.8) is 0 Å². The number of sulfonamides is 1. The average Bonchev–Trinajstić information content (AvgIpc) is 2.93. The largest absolute Gasteiger partial charge is 0.490 e. The van der Waals surface area contributed by atoms with Crippen LogP contribution >= 0.6 is 0 Å². The van der Waals surface area contributed by atoms with E-state index in [0.29, 0.717) is 17.9 Å². The van der Waals surface area contributed by atoms with Gasteiger partial charge in [0, 0.05) is 52.4 Å². The minimum atomic E-state index is -3.90. The Kier molecular flexibility index (Phi) is 11.5. The molecule has 228 valence electrons. The van der Waals surface area contributed by atoms with E-state index in [1.807, 2.05) is 45.0 Å². The van der Waals surface area contributed by atoms with Crippen molar-refractivity contribution in [1.29, 1.82) is 0 Å². The minimum absolute atomic E-state index is 0.0112. The zero-order valence-corrected chi connectivity index (χ0v) is 25.7. The molecule has 4 atom stereocenters. The summed E-state index contributed by atoms with van der Waals surface area (Å²) in [5.41, 5.74) is 1.24. The molecular weight excluding hydrogens is 549 g/mol. The highest BCUT2D eigenvalue weighted by molar-refractivity contribution is 7.89. The predicted molar refractivity (Wildman–Crippen MR) is 157 cm³/mol. The predicted octanol–water partition coefficient (Wildman–Crippen LogP) is 4.01. The van der Waals surface area contributed by atoms with Crippen molar-refractivity contribution in [3.8, 4) is 5.75 Å². The highest BCUT2D eigenvalue weighted by Gasteiger charge is 2.32. The Morgan fingerprint density at radius 1 is 1.10 bits per heavy atom. The van der Waals surface area contributed by atoms with E-state index in [2.05, 4.69) is 0 Å². The summed E-state index contributed by atoms with van der Waals surface area (Å²) in [6, 6.07) is 9.73. The van der Waals surface area contributed by atoms with Crippen molar-refractivity contribution < 1.29 is 32.2 Å². The molecule has 2 aromatic rings. The summed E-state index contributed by atoms with van der Waals surface area (Å²) in [6.07, 6.45) is 1.66. The number of carbonyl (C=O) groups excluding carboxylic acids is 1. The minimum Gasteiger partial charge on any atom is -0.490 e. The molecule has 1 amide bonds. The molecule has 0 fully saturated rings. The van der Waals surface area contributed by atoms with E-state index >= 15 is 0 Å². The first-order chi connectivity index (χ1) is 19.3. The number of likely N-dealkylation sites (N-methyl/N-ethyl adjacent to an activating group) is 1. The van der Waals surface area contributed by atoms with Gasteiger partial charge in [-0.3, -0.25) is 4.79 Å². The van der Waals surface area contributed by atoms with Crippen molar-refractivity contribution in [2.24, 2.45) is 5.92 Å². The number of aliphatic hydroxyl groups excluding tert-OH is 1.